The van der Waals surface area contributed by atoms with Crippen LogP contribution >= 0.6 is 0 Å². The molecular formula is C15H27N5O. The second kappa shape index (κ2) is 6.91. The molecule has 0 spiro atoms. The summed E-state index contributed by atoms with van der Waals surface area (Å²) in [6, 6.07) is 0.427. The van der Waals surface area contributed by atoms with Gasteiger partial charge in [-0.25, -0.2) is 0 Å². The van der Waals surface area contributed by atoms with Crippen molar-refractivity contribution >= 4 is 11.9 Å². The molecule has 0 saturated heterocycles. The van der Waals surface area contributed by atoms with Crippen LogP contribution in [0.25, 0.3) is 0 Å². The molecule has 118 valence electrons. The van der Waals surface area contributed by atoms with Gasteiger partial charge in [-0.2, -0.15) is 15.0 Å². The van der Waals surface area contributed by atoms with Crippen molar-refractivity contribution in [2.45, 2.75) is 46.1 Å². The molecule has 1 aromatic rings. The van der Waals surface area contributed by atoms with Gasteiger partial charge in [0.25, 0.3) is 0 Å². The molecule has 1 N–H and O–H groups in total. The third-order valence-electron chi connectivity index (χ3n) is 3.75. The van der Waals surface area contributed by atoms with Crippen LogP contribution in [0.2, 0.25) is 0 Å². The van der Waals surface area contributed by atoms with Gasteiger partial charge < -0.3 is 15.0 Å². The topological polar surface area (TPSA) is 63.2 Å². The zero-order valence-corrected chi connectivity index (χ0v) is 13.8. The number of nitrogens with zero attached hydrogens (tertiary/aromatic N) is 4. The second-order valence-electron chi connectivity index (χ2n) is 6.32. The minimum Gasteiger partial charge on any atom is -0.460 e. The summed E-state index contributed by atoms with van der Waals surface area (Å²) in [5.74, 6) is 2.58. The largest absolute Gasteiger partial charge is 0.460 e. The number of aromatic nitrogens is 3. The molecule has 6 nitrogen and oxygen atoms in total. The maximum Gasteiger partial charge on any atom is 0.323 e. The summed E-state index contributed by atoms with van der Waals surface area (Å²) in [6.07, 6.45) is 3.63. The molecule has 1 aliphatic carbocycles. The summed E-state index contributed by atoms with van der Waals surface area (Å²) in [6.45, 7) is 7.36. The third-order valence-corrected chi connectivity index (χ3v) is 3.75. The van der Waals surface area contributed by atoms with Crippen LogP contribution in [0.3, 0.4) is 0 Å². The number of anilines is 2. The zero-order valence-electron chi connectivity index (χ0n) is 13.8. The van der Waals surface area contributed by atoms with E-state index in [-0.39, 0.29) is 6.10 Å². The molecule has 1 aliphatic rings. The monoisotopic (exact) mass is 293 g/mol. The van der Waals surface area contributed by atoms with Gasteiger partial charge in [0.05, 0.1) is 0 Å². The van der Waals surface area contributed by atoms with Crippen LogP contribution in [0, 0.1) is 11.8 Å². The SMILES string of the molecule is CCNc1nc(OC2CC(C)CC(C)C2)nc(N(C)C)n1. The van der Waals surface area contributed by atoms with Crippen molar-refractivity contribution in [2.75, 3.05) is 30.9 Å². The van der Waals surface area contributed by atoms with Crippen molar-refractivity contribution in [3.63, 3.8) is 0 Å². The Kier molecular flexibility index (Phi) is 5.20. The van der Waals surface area contributed by atoms with Crippen LogP contribution < -0.4 is 15.0 Å². The van der Waals surface area contributed by atoms with E-state index >= 15 is 0 Å². The summed E-state index contributed by atoms with van der Waals surface area (Å²) in [5.41, 5.74) is 0. The first kappa shape index (κ1) is 15.8. The molecule has 0 bridgehead atoms. The van der Waals surface area contributed by atoms with Gasteiger partial charge in [-0.05, 0) is 38.0 Å². The van der Waals surface area contributed by atoms with Crippen LogP contribution in [0.1, 0.15) is 40.0 Å². The van der Waals surface area contributed by atoms with Crippen molar-refractivity contribution in [3.05, 3.63) is 0 Å². The van der Waals surface area contributed by atoms with Gasteiger partial charge in [0, 0.05) is 20.6 Å². The van der Waals surface area contributed by atoms with Gasteiger partial charge >= 0.3 is 6.01 Å². The maximum atomic E-state index is 6.05. The Morgan fingerprint density at radius 3 is 2.33 bits per heavy atom. The Balaban J connectivity index is 2.14. The highest BCUT2D eigenvalue weighted by Crippen LogP contribution is 2.30. The van der Waals surface area contributed by atoms with Crippen molar-refractivity contribution in [3.8, 4) is 6.01 Å². The van der Waals surface area contributed by atoms with Crippen molar-refractivity contribution in [1.82, 2.24) is 15.0 Å². The van der Waals surface area contributed by atoms with Crippen LogP contribution in [-0.2, 0) is 0 Å². The molecule has 2 atom stereocenters. The van der Waals surface area contributed by atoms with Crippen LogP contribution in [0.15, 0.2) is 0 Å². The van der Waals surface area contributed by atoms with Crippen LogP contribution in [-0.4, -0.2) is 41.7 Å². The molecular weight excluding hydrogens is 266 g/mol. The van der Waals surface area contributed by atoms with Crippen molar-refractivity contribution in [2.24, 2.45) is 11.8 Å². The average Bonchev–Trinajstić information content (AvgIpc) is 2.37. The first-order valence-electron chi connectivity index (χ1n) is 7.81. The van der Waals surface area contributed by atoms with E-state index in [0.29, 0.717) is 29.7 Å². The Bertz CT molecular complexity index is 455. The highest BCUT2D eigenvalue weighted by Gasteiger charge is 2.26. The zero-order chi connectivity index (χ0) is 15.4. The summed E-state index contributed by atoms with van der Waals surface area (Å²) in [5, 5.41) is 3.13. The smallest absolute Gasteiger partial charge is 0.323 e. The first-order chi connectivity index (χ1) is 9.97. The summed E-state index contributed by atoms with van der Waals surface area (Å²) < 4.78 is 6.05. The van der Waals surface area contributed by atoms with Gasteiger partial charge in [-0.3, -0.25) is 0 Å². The average molecular weight is 293 g/mol. The van der Waals surface area contributed by atoms with E-state index in [1.165, 1.54) is 6.42 Å². The predicted molar refractivity (Wildman–Crippen MR) is 84.9 cm³/mol. The lowest BCUT2D eigenvalue weighted by Crippen LogP contribution is -2.29. The molecule has 1 fully saturated rings. The van der Waals surface area contributed by atoms with E-state index < -0.39 is 0 Å². The fourth-order valence-electron chi connectivity index (χ4n) is 2.95. The molecule has 0 aromatic carbocycles. The summed E-state index contributed by atoms with van der Waals surface area (Å²) in [7, 11) is 3.83. The van der Waals surface area contributed by atoms with Gasteiger partial charge in [0.2, 0.25) is 11.9 Å². The molecule has 2 unspecified atom stereocenters. The number of hydrogen-bond donors (Lipinski definition) is 1. The van der Waals surface area contributed by atoms with Gasteiger partial charge in [0.1, 0.15) is 6.10 Å². The lowest BCUT2D eigenvalue weighted by molar-refractivity contribution is 0.0920. The standard InChI is InChI=1S/C15H27N5O/c1-6-16-13-17-14(20(4)5)19-15(18-13)21-12-8-10(2)7-11(3)9-12/h10-12H,6-9H2,1-5H3,(H,16,17,18,19). The van der Waals surface area contributed by atoms with E-state index in [0.717, 1.165) is 19.4 Å². The molecule has 1 saturated carbocycles. The highest BCUT2D eigenvalue weighted by atomic mass is 16.5. The molecule has 0 amide bonds. The minimum absolute atomic E-state index is 0.204. The Morgan fingerprint density at radius 2 is 1.76 bits per heavy atom. The van der Waals surface area contributed by atoms with E-state index in [1.54, 1.807) is 0 Å². The fraction of sp³-hybridized carbons (Fsp3) is 0.800. The highest BCUT2D eigenvalue weighted by molar-refractivity contribution is 5.36. The fourth-order valence-corrected chi connectivity index (χ4v) is 2.95. The van der Waals surface area contributed by atoms with Gasteiger partial charge in [-0.1, -0.05) is 13.8 Å². The Hall–Kier alpha value is -1.59. The molecule has 0 aliphatic heterocycles. The number of nitrogens with one attached hydrogen (secondary N) is 1. The van der Waals surface area contributed by atoms with Crippen molar-refractivity contribution < 1.29 is 4.74 Å². The van der Waals surface area contributed by atoms with E-state index in [2.05, 4.69) is 34.1 Å². The maximum absolute atomic E-state index is 6.05. The van der Waals surface area contributed by atoms with E-state index in [4.69, 9.17) is 4.74 Å². The molecule has 1 aromatic heterocycles. The minimum atomic E-state index is 0.204. The molecule has 0 radical (unpaired) electrons. The lowest BCUT2D eigenvalue weighted by atomic mass is 9.82. The Morgan fingerprint density at radius 1 is 1.10 bits per heavy atom. The van der Waals surface area contributed by atoms with Crippen LogP contribution in [0.5, 0.6) is 6.01 Å². The predicted octanol–water partition coefficient (Wildman–Crippen LogP) is 2.57. The van der Waals surface area contributed by atoms with Gasteiger partial charge in [0.15, 0.2) is 0 Å². The molecule has 2 rings (SSSR count). The van der Waals surface area contributed by atoms with Crippen molar-refractivity contribution in [1.29, 1.82) is 0 Å². The van der Waals surface area contributed by atoms with E-state index in [9.17, 15) is 0 Å². The second-order valence-corrected chi connectivity index (χ2v) is 6.32. The number of hydrogen-bond acceptors (Lipinski definition) is 6. The number of rotatable bonds is 5. The third kappa shape index (κ3) is 4.44. The number of ether oxygens (including phenoxy) is 1. The van der Waals surface area contributed by atoms with Gasteiger partial charge in [-0.15, -0.1) is 0 Å². The normalized spacial score (nSPS) is 25.5. The lowest BCUT2D eigenvalue weighted by Gasteiger charge is -2.31. The summed E-state index contributed by atoms with van der Waals surface area (Å²) >= 11 is 0. The molecule has 6 heteroatoms. The molecule has 1 heterocycles. The van der Waals surface area contributed by atoms with E-state index in [1.807, 2.05) is 25.9 Å². The Labute approximate surface area is 127 Å². The quantitative estimate of drug-likeness (QED) is 0.900. The van der Waals surface area contributed by atoms with Crippen LogP contribution in [0.4, 0.5) is 11.9 Å². The summed E-state index contributed by atoms with van der Waals surface area (Å²) in [4.78, 5) is 15.0. The molecule has 21 heavy (non-hydrogen) atoms. The first-order valence-corrected chi connectivity index (χ1v) is 7.81.